The van der Waals surface area contributed by atoms with Crippen molar-refractivity contribution in [3.05, 3.63) is 71.0 Å². The molecule has 0 bridgehead atoms. The lowest BCUT2D eigenvalue weighted by atomic mass is 10.1. The zero-order valence-electron chi connectivity index (χ0n) is 13.7. The lowest BCUT2D eigenvalue weighted by Gasteiger charge is -1.95. The summed E-state index contributed by atoms with van der Waals surface area (Å²) in [5, 5.41) is 2.62. The molecule has 4 aromatic rings. The quantitative estimate of drug-likeness (QED) is 0.508. The normalized spacial score (nSPS) is 11.6. The summed E-state index contributed by atoms with van der Waals surface area (Å²) < 4.78 is 0. The van der Waals surface area contributed by atoms with Gasteiger partial charge in [0, 0.05) is 28.8 Å². The van der Waals surface area contributed by atoms with Gasteiger partial charge in [-0.15, -0.1) is 0 Å². The van der Waals surface area contributed by atoms with Crippen LogP contribution >= 0.6 is 0 Å². The molecule has 0 fully saturated rings. The first kappa shape index (κ1) is 14.1. The number of hydrogen-bond donors (Lipinski definition) is 2. The number of aromatic nitrogens is 2. The van der Waals surface area contributed by atoms with Crippen LogP contribution < -0.4 is 0 Å². The Hall–Kier alpha value is -2.48. The molecule has 2 nitrogen and oxygen atoms in total. The molecule has 2 N–H and O–H groups in total. The zero-order valence-corrected chi connectivity index (χ0v) is 13.7. The fourth-order valence-electron chi connectivity index (χ4n) is 3.32. The molecular formula is C21H22N2. The van der Waals surface area contributed by atoms with Crippen molar-refractivity contribution >= 4 is 21.8 Å². The first-order valence-electron chi connectivity index (χ1n) is 8.46. The minimum atomic E-state index is 0.909. The Morgan fingerprint density at radius 3 is 1.57 bits per heavy atom. The molecular weight excluding hydrogens is 280 g/mol. The highest BCUT2D eigenvalue weighted by Crippen LogP contribution is 2.22. The SMILES string of the molecule is CCc1ccc2[nH]c(Cc3cc4cc(CC)ccc4[nH]3)cc2c1. The van der Waals surface area contributed by atoms with E-state index in [1.54, 1.807) is 0 Å². The molecule has 0 aliphatic heterocycles. The van der Waals surface area contributed by atoms with E-state index in [9.17, 15) is 0 Å². The Bertz CT molecular complexity index is 892. The molecule has 0 unspecified atom stereocenters. The maximum atomic E-state index is 3.54. The number of hydrogen-bond acceptors (Lipinski definition) is 0. The van der Waals surface area contributed by atoms with Gasteiger partial charge in [-0.2, -0.15) is 0 Å². The number of aryl methyl sites for hydroxylation is 2. The van der Waals surface area contributed by atoms with Crippen LogP contribution in [0, 0.1) is 0 Å². The van der Waals surface area contributed by atoms with Gasteiger partial charge in [0.2, 0.25) is 0 Å². The van der Waals surface area contributed by atoms with Crippen molar-refractivity contribution in [2.75, 3.05) is 0 Å². The zero-order chi connectivity index (χ0) is 15.8. The van der Waals surface area contributed by atoms with Gasteiger partial charge in [0.05, 0.1) is 0 Å². The monoisotopic (exact) mass is 302 g/mol. The predicted molar refractivity (Wildman–Crippen MR) is 98.2 cm³/mol. The van der Waals surface area contributed by atoms with Crippen LogP contribution in [-0.2, 0) is 19.3 Å². The highest BCUT2D eigenvalue weighted by atomic mass is 14.7. The number of aromatic amines is 2. The molecule has 4 rings (SSSR count). The molecule has 23 heavy (non-hydrogen) atoms. The molecule has 0 saturated carbocycles. The van der Waals surface area contributed by atoms with Crippen LogP contribution in [0.15, 0.2) is 48.5 Å². The first-order valence-corrected chi connectivity index (χ1v) is 8.46. The number of rotatable bonds is 4. The van der Waals surface area contributed by atoms with Crippen LogP contribution in [0.3, 0.4) is 0 Å². The molecule has 2 heteroatoms. The molecule has 0 amide bonds. The van der Waals surface area contributed by atoms with Crippen molar-refractivity contribution in [3.63, 3.8) is 0 Å². The minimum Gasteiger partial charge on any atom is -0.358 e. The number of benzene rings is 2. The minimum absolute atomic E-state index is 0.909. The summed E-state index contributed by atoms with van der Waals surface area (Å²) in [5.74, 6) is 0. The number of nitrogens with one attached hydrogen (secondary N) is 2. The van der Waals surface area contributed by atoms with E-state index in [2.05, 4.69) is 72.3 Å². The maximum absolute atomic E-state index is 3.54. The summed E-state index contributed by atoms with van der Waals surface area (Å²) in [6, 6.07) is 17.9. The van der Waals surface area contributed by atoms with E-state index >= 15 is 0 Å². The van der Waals surface area contributed by atoms with E-state index in [0.29, 0.717) is 0 Å². The molecule has 0 spiro atoms. The summed E-state index contributed by atoms with van der Waals surface area (Å²) in [4.78, 5) is 7.08. The lowest BCUT2D eigenvalue weighted by molar-refractivity contribution is 1.07. The first-order chi connectivity index (χ1) is 11.2. The van der Waals surface area contributed by atoms with Gasteiger partial charge in [0.1, 0.15) is 0 Å². The molecule has 0 aliphatic rings. The highest BCUT2D eigenvalue weighted by molar-refractivity contribution is 5.82. The predicted octanol–water partition coefficient (Wildman–Crippen LogP) is 5.36. The summed E-state index contributed by atoms with van der Waals surface area (Å²) in [5.41, 5.74) is 7.75. The maximum Gasteiger partial charge on any atom is 0.0456 e. The Balaban J connectivity index is 1.66. The van der Waals surface area contributed by atoms with Crippen molar-refractivity contribution in [2.45, 2.75) is 33.1 Å². The van der Waals surface area contributed by atoms with Gasteiger partial charge in [0.15, 0.2) is 0 Å². The van der Waals surface area contributed by atoms with Crippen molar-refractivity contribution in [2.24, 2.45) is 0 Å². The summed E-state index contributed by atoms with van der Waals surface area (Å²) in [7, 11) is 0. The van der Waals surface area contributed by atoms with Gasteiger partial charge in [-0.25, -0.2) is 0 Å². The molecule has 2 heterocycles. The fraction of sp³-hybridized carbons (Fsp3) is 0.238. The summed E-state index contributed by atoms with van der Waals surface area (Å²) in [6.45, 7) is 4.40. The van der Waals surface area contributed by atoms with Crippen molar-refractivity contribution in [3.8, 4) is 0 Å². The number of H-pyrrole nitrogens is 2. The standard InChI is InChI=1S/C21H22N2/c1-3-14-5-7-20-16(9-14)11-18(22-20)13-19-12-17-10-15(4-2)6-8-21(17)23-19/h5-12,22-23H,3-4,13H2,1-2H3. The average molecular weight is 302 g/mol. The molecule has 0 atom stereocenters. The van der Waals surface area contributed by atoms with Gasteiger partial charge in [-0.3, -0.25) is 0 Å². The molecule has 0 aliphatic carbocycles. The van der Waals surface area contributed by atoms with E-state index in [0.717, 1.165) is 19.3 Å². The van der Waals surface area contributed by atoms with E-state index in [4.69, 9.17) is 0 Å². The van der Waals surface area contributed by atoms with E-state index in [1.165, 1.54) is 44.3 Å². The molecule has 2 aromatic carbocycles. The summed E-state index contributed by atoms with van der Waals surface area (Å²) >= 11 is 0. The molecule has 0 saturated heterocycles. The Morgan fingerprint density at radius 1 is 0.652 bits per heavy atom. The average Bonchev–Trinajstić information content (AvgIpc) is 3.15. The molecule has 116 valence electrons. The molecule has 0 radical (unpaired) electrons. The Morgan fingerprint density at radius 2 is 1.13 bits per heavy atom. The second-order valence-electron chi connectivity index (χ2n) is 6.32. The topological polar surface area (TPSA) is 31.6 Å². The third kappa shape index (κ3) is 2.65. The van der Waals surface area contributed by atoms with Crippen LogP contribution in [0.25, 0.3) is 21.8 Å². The van der Waals surface area contributed by atoms with Gasteiger partial charge in [0.25, 0.3) is 0 Å². The fourth-order valence-corrected chi connectivity index (χ4v) is 3.32. The second kappa shape index (κ2) is 5.62. The number of fused-ring (bicyclic) bond motifs is 2. The lowest BCUT2D eigenvalue weighted by Crippen LogP contribution is -1.87. The third-order valence-electron chi connectivity index (χ3n) is 4.68. The third-order valence-corrected chi connectivity index (χ3v) is 4.68. The smallest absolute Gasteiger partial charge is 0.0456 e. The van der Waals surface area contributed by atoms with Crippen molar-refractivity contribution in [1.29, 1.82) is 0 Å². The summed E-state index contributed by atoms with van der Waals surface area (Å²) in [6.07, 6.45) is 3.07. The van der Waals surface area contributed by atoms with Gasteiger partial charge < -0.3 is 9.97 Å². The Kier molecular flexibility index (Phi) is 3.45. The highest BCUT2D eigenvalue weighted by Gasteiger charge is 2.06. The van der Waals surface area contributed by atoms with E-state index < -0.39 is 0 Å². The largest absolute Gasteiger partial charge is 0.358 e. The van der Waals surface area contributed by atoms with Crippen LogP contribution in [-0.4, -0.2) is 9.97 Å². The van der Waals surface area contributed by atoms with Gasteiger partial charge in [-0.1, -0.05) is 26.0 Å². The van der Waals surface area contributed by atoms with Crippen LogP contribution in [0.2, 0.25) is 0 Å². The van der Waals surface area contributed by atoms with E-state index in [-0.39, 0.29) is 0 Å². The van der Waals surface area contributed by atoms with Crippen molar-refractivity contribution < 1.29 is 0 Å². The van der Waals surface area contributed by atoms with Crippen LogP contribution in [0.5, 0.6) is 0 Å². The second-order valence-corrected chi connectivity index (χ2v) is 6.32. The van der Waals surface area contributed by atoms with Gasteiger partial charge in [-0.05, 0) is 71.1 Å². The molecule has 2 aromatic heterocycles. The van der Waals surface area contributed by atoms with Crippen molar-refractivity contribution in [1.82, 2.24) is 9.97 Å². The van der Waals surface area contributed by atoms with Crippen LogP contribution in [0.4, 0.5) is 0 Å². The Labute approximate surface area is 136 Å². The van der Waals surface area contributed by atoms with Crippen LogP contribution in [0.1, 0.15) is 36.4 Å². The van der Waals surface area contributed by atoms with Gasteiger partial charge >= 0.3 is 0 Å². The van der Waals surface area contributed by atoms with E-state index in [1.807, 2.05) is 0 Å².